The van der Waals surface area contributed by atoms with Crippen molar-refractivity contribution < 1.29 is 14.3 Å². The molecule has 2 fully saturated rings. The maximum Gasteiger partial charge on any atom is 0.220 e. The summed E-state index contributed by atoms with van der Waals surface area (Å²) < 4.78 is 10.6. The van der Waals surface area contributed by atoms with Gasteiger partial charge in [0.1, 0.15) is 11.5 Å². The minimum Gasteiger partial charge on any atom is -0.497 e. The number of ether oxygens (including phenoxy) is 2. The molecule has 2 atom stereocenters. The Kier molecular flexibility index (Phi) is 5.06. The van der Waals surface area contributed by atoms with E-state index >= 15 is 0 Å². The number of amides is 1. The topological polar surface area (TPSA) is 59.6 Å². The second-order valence-corrected chi connectivity index (χ2v) is 6.63. The molecule has 0 radical (unpaired) electrons. The predicted octanol–water partition coefficient (Wildman–Crippen LogP) is 2.24. The third-order valence-electron chi connectivity index (χ3n) is 5.02. The van der Waals surface area contributed by atoms with Crippen LogP contribution in [-0.4, -0.2) is 32.2 Å². The third-order valence-corrected chi connectivity index (χ3v) is 5.02. The molecule has 1 aromatic rings. The van der Waals surface area contributed by atoms with Gasteiger partial charge in [0, 0.05) is 36.7 Å². The summed E-state index contributed by atoms with van der Waals surface area (Å²) in [6.07, 6.45) is 5.44. The second kappa shape index (κ2) is 7.21. The van der Waals surface area contributed by atoms with E-state index in [-0.39, 0.29) is 5.91 Å². The molecule has 1 amide bonds. The van der Waals surface area contributed by atoms with Crippen LogP contribution in [0.1, 0.15) is 37.7 Å². The summed E-state index contributed by atoms with van der Waals surface area (Å²) in [5, 5.41) is 6.65. The van der Waals surface area contributed by atoms with Crippen molar-refractivity contribution in [3.05, 3.63) is 23.8 Å². The van der Waals surface area contributed by atoms with Crippen molar-refractivity contribution >= 4 is 5.91 Å². The Morgan fingerprint density at radius 3 is 2.61 bits per heavy atom. The summed E-state index contributed by atoms with van der Waals surface area (Å²) in [5.41, 5.74) is 0.965. The van der Waals surface area contributed by atoms with Crippen molar-refractivity contribution in [1.82, 2.24) is 10.6 Å². The van der Waals surface area contributed by atoms with E-state index in [1.165, 1.54) is 12.8 Å². The van der Waals surface area contributed by atoms with Gasteiger partial charge in [0.25, 0.3) is 0 Å². The van der Waals surface area contributed by atoms with Crippen LogP contribution in [0.4, 0.5) is 0 Å². The van der Waals surface area contributed by atoms with Crippen LogP contribution in [0.5, 0.6) is 11.5 Å². The minimum atomic E-state index is 0.133. The van der Waals surface area contributed by atoms with Gasteiger partial charge in [0.2, 0.25) is 5.91 Å². The molecule has 5 nitrogen and oxygen atoms in total. The number of hydrogen-bond donors (Lipinski definition) is 2. The van der Waals surface area contributed by atoms with Crippen LogP contribution >= 0.6 is 0 Å². The van der Waals surface area contributed by atoms with Crippen molar-refractivity contribution in [2.45, 2.75) is 50.7 Å². The van der Waals surface area contributed by atoms with Gasteiger partial charge in [0.05, 0.1) is 14.2 Å². The highest BCUT2D eigenvalue weighted by molar-refractivity contribution is 5.76. The number of carbonyl (C=O) groups excluding carboxylic acids is 1. The summed E-state index contributed by atoms with van der Waals surface area (Å²) in [5.74, 6) is 2.15. The van der Waals surface area contributed by atoms with E-state index in [9.17, 15) is 4.79 Å². The average molecular weight is 318 g/mol. The highest BCUT2D eigenvalue weighted by atomic mass is 16.5. The molecular weight excluding hydrogens is 292 g/mol. The number of piperidine rings is 1. The standard InChI is InChI=1S/C18H26N2O3/c1-22-16-6-3-13(17(10-16)23-2)11-19-18(21)9-12-7-14-4-5-15(8-12)20-14/h3,6,10,12,14-15,20H,4-5,7-9,11H2,1-2H3,(H,19,21). The Morgan fingerprint density at radius 2 is 1.96 bits per heavy atom. The van der Waals surface area contributed by atoms with E-state index in [2.05, 4.69) is 10.6 Å². The first-order chi connectivity index (χ1) is 11.2. The number of nitrogens with one attached hydrogen (secondary N) is 2. The molecule has 126 valence electrons. The first kappa shape index (κ1) is 16.1. The molecule has 0 saturated carbocycles. The van der Waals surface area contributed by atoms with Crippen LogP contribution in [0.2, 0.25) is 0 Å². The van der Waals surface area contributed by atoms with Crippen molar-refractivity contribution in [3.63, 3.8) is 0 Å². The van der Waals surface area contributed by atoms with E-state index in [0.29, 0.717) is 31.0 Å². The van der Waals surface area contributed by atoms with Crippen LogP contribution in [0.25, 0.3) is 0 Å². The Morgan fingerprint density at radius 1 is 1.22 bits per heavy atom. The molecule has 2 aliphatic heterocycles. The van der Waals surface area contributed by atoms with Gasteiger partial charge in [-0.05, 0) is 43.7 Å². The first-order valence-corrected chi connectivity index (χ1v) is 8.41. The quantitative estimate of drug-likeness (QED) is 0.844. The molecule has 5 heteroatoms. The normalized spacial score (nSPS) is 25.9. The molecule has 0 spiro atoms. The minimum absolute atomic E-state index is 0.133. The lowest BCUT2D eigenvalue weighted by Crippen LogP contribution is -2.39. The largest absolute Gasteiger partial charge is 0.497 e. The lowest BCUT2D eigenvalue weighted by atomic mass is 9.89. The highest BCUT2D eigenvalue weighted by Gasteiger charge is 2.34. The van der Waals surface area contributed by atoms with Gasteiger partial charge in [-0.2, -0.15) is 0 Å². The zero-order chi connectivity index (χ0) is 16.2. The number of carbonyl (C=O) groups is 1. The molecular formula is C18H26N2O3. The molecule has 2 saturated heterocycles. The molecule has 0 aliphatic carbocycles. The van der Waals surface area contributed by atoms with E-state index in [0.717, 1.165) is 29.9 Å². The van der Waals surface area contributed by atoms with Crippen molar-refractivity contribution in [1.29, 1.82) is 0 Å². The summed E-state index contributed by atoms with van der Waals surface area (Å²) in [7, 11) is 3.26. The van der Waals surface area contributed by atoms with Gasteiger partial charge in [0.15, 0.2) is 0 Å². The van der Waals surface area contributed by atoms with Gasteiger partial charge in [-0.15, -0.1) is 0 Å². The summed E-state index contributed by atoms with van der Waals surface area (Å²) >= 11 is 0. The van der Waals surface area contributed by atoms with Crippen LogP contribution in [0.3, 0.4) is 0 Å². The van der Waals surface area contributed by atoms with Crippen molar-refractivity contribution in [2.75, 3.05) is 14.2 Å². The molecule has 2 unspecified atom stereocenters. The van der Waals surface area contributed by atoms with E-state index < -0.39 is 0 Å². The molecule has 3 rings (SSSR count). The molecule has 23 heavy (non-hydrogen) atoms. The molecule has 2 heterocycles. The van der Waals surface area contributed by atoms with Crippen molar-refractivity contribution in [2.24, 2.45) is 5.92 Å². The molecule has 2 bridgehead atoms. The van der Waals surface area contributed by atoms with Gasteiger partial charge in [-0.25, -0.2) is 0 Å². The van der Waals surface area contributed by atoms with Gasteiger partial charge >= 0.3 is 0 Å². The zero-order valence-corrected chi connectivity index (χ0v) is 13.9. The maximum absolute atomic E-state index is 12.2. The number of benzene rings is 1. The van der Waals surface area contributed by atoms with Crippen LogP contribution in [-0.2, 0) is 11.3 Å². The van der Waals surface area contributed by atoms with Crippen molar-refractivity contribution in [3.8, 4) is 11.5 Å². The molecule has 1 aromatic carbocycles. The highest BCUT2D eigenvalue weighted by Crippen LogP contribution is 2.32. The SMILES string of the molecule is COc1ccc(CNC(=O)CC2CC3CCC(C2)N3)c(OC)c1. The summed E-state index contributed by atoms with van der Waals surface area (Å²) in [4.78, 5) is 12.2. The number of fused-ring (bicyclic) bond motifs is 2. The van der Waals surface area contributed by atoms with Gasteiger partial charge in [-0.3, -0.25) is 4.79 Å². The molecule has 2 aliphatic rings. The Labute approximate surface area is 137 Å². The second-order valence-electron chi connectivity index (χ2n) is 6.63. The first-order valence-electron chi connectivity index (χ1n) is 8.41. The predicted molar refractivity (Wildman–Crippen MR) is 88.7 cm³/mol. The smallest absolute Gasteiger partial charge is 0.220 e. The van der Waals surface area contributed by atoms with Crippen LogP contribution in [0.15, 0.2) is 18.2 Å². The lowest BCUT2D eigenvalue weighted by molar-refractivity contribution is -0.122. The fraction of sp³-hybridized carbons (Fsp3) is 0.611. The van der Waals surface area contributed by atoms with Crippen LogP contribution < -0.4 is 20.1 Å². The third kappa shape index (κ3) is 3.96. The Hall–Kier alpha value is -1.75. The van der Waals surface area contributed by atoms with Gasteiger partial charge in [-0.1, -0.05) is 0 Å². The molecule has 2 N–H and O–H groups in total. The zero-order valence-electron chi connectivity index (χ0n) is 13.9. The molecule has 0 aromatic heterocycles. The summed E-state index contributed by atoms with van der Waals surface area (Å²) in [6, 6.07) is 6.92. The summed E-state index contributed by atoms with van der Waals surface area (Å²) in [6.45, 7) is 0.490. The Bertz CT molecular complexity index is 549. The average Bonchev–Trinajstić information content (AvgIpc) is 2.91. The fourth-order valence-corrected chi connectivity index (χ4v) is 3.87. The fourth-order valence-electron chi connectivity index (χ4n) is 3.87. The van der Waals surface area contributed by atoms with Crippen LogP contribution in [0, 0.1) is 5.92 Å². The Balaban J connectivity index is 1.51. The van der Waals surface area contributed by atoms with E-state index in [4.69, 9.17) is 9.47 Å². The maximum atomic E-state index is 12.2. The lowest BCUT2D eigenvalue weighted by Gasteiger charge is -2.28. The van der Waals surface area contributed by atoms with E-state index in [1.54, 1.807) is 14.2 Å². The monoisotopic (exact) mass is 318 g/mol. The number of hydrogen-bond acceptors (Lipinski definition) is 4. The van der Waals surface area contributed by atoms with E-state index in [1.807, 2.05) is 18.2 Å². The van der Waals surface area contributed by atoms with Gasteiger partial charge < -0.3 is 20.1 Å². The number of methoxy groups -OCH3 is 2. The number of rotatable bonds is 6.